The zero-order valence-electron chi connectivity index (χ0n) is 15.4. The number of ether oxygens (including phenoxy) is 2. The Morgan fingerprint density at radius 3 is 2.68 bits per heavy atom. The molecule has 3 aromatic carbocycles. The van der Waals surface area contributed by atoms with Gasteiger partial charge in [0.2, 0.25) is 0 Å². The van der Waals surface area contributed by atoms with Gasteiger partial charge in [0, 0.05) is 16.8 Å². The highest BCUT2D eigenvalue weighted by Crippen LogP contribution is 2.37. The van der Waals surface area contributed by atoms with Gasteiger partial charge >= 0.3 is 0 Å². The van der Waals surface area contributed by atoms with Crippen LogP contribution in [0.5, 0.6) is 11.5 Å². The Bertz CT molecular complexity index is 1020. The SMILES string of the molecule is COc1cc(C=Nc2cccc(Cl)c2C)cc(Br)c1OCc1ccccc1F. The lowest BCUT2D eigenvalue weighted by Gasteiger charge is -2.14. The Hall–Kier alpha value is -2.37. The van der Waals surface area contributed by atoms with Crippen LogP contribution in [0.4, 0.5) is 10.1 Å². The predicted molar refractivity (Wildman–Crippen MR) is 115 cm³/mol. The lowest BCUT2D eigenvalue weighted by molar-refractivity contribution is 0.278. The van der Waals surface area contributed by atoms with Crippen LogP contribution in [0.15, 0.2) is 64.1 Å². The van der Waals surface area contributed by atoms with E-state index in [0.717, 1.165) is 16.8 Å². The summed E-state index contributed by atoms with van der Waals surface area (Å²) in [5.41, 5.74) is 3.00. The molecule has 0 saturated heterocycles. The second kappa shape index (κ2) is 9.22. The highest BCUT2D eigenvalue weighted by atomic mass is 79.9. The fourth-order valence-corrected chi connectivity index (χ4v) is 3.34. The molecule has 0 radical (unpaired) electrons. The Kier molecular flexibility index (Phi) is 6.70. The van der Waals surface area contributed by atoms with Crippen molar-refractivity contribution in [1.82, 2.24) is 0 Å². The van der Waals surface area contributed by atoms with Crippen LogP contribution in [0.1, 0.15) is 16.7 Å². The monoisotopic (exact) mass is 461 g/mol. The second-order valence-electron chi connectivity index (χ2n) is 6.06. The van der Waals surface area contributed by atoms with Crippen molar-refractivity contribution in [3.63, 3.8) is 0 Å². The molecule has 3 rings (SSSR count). The van der Waals surface area contributed by atoms with Crippen molar-refractivity contribution >= 4 is 39.4 Å². The first-order valence-corrected chi connectivity index (χ1v) is 9.69. The highest BCUT2D eigenvalue weighted by molar-refractivity contribution is 9.10. The number of halogens is 3. The van der Waals surface area contributed by atoms with Gasteiger partial charge in [0.15, 0.2) is 11.5 Å². The van der Waals surface area contributed by atoms with Crippen molar-refractivity contribution in [2.45, 2.75) is 13.5 Å². The molecule has 0 aliphatic carbocycles. The molecule has 3 nitrogen and oxygen atoms in total. The van der Waals surface area contributed by atoms with Gasteiger partial charge in [-0.2, -0.15) is 0 Å². The fourth-order valence-electron chi connectivity index (χ4n) is 2.60. The summed E-state index contributed by atoms with van der Waals surface area (Å²) in [5, 5.41) is 0.672. The van der Waals surface area contributed by atoms with E-state index in [9.17, 15) is 4.39 Å². The summed E-state index contributed by atoms with van der Waals surface area (Å²) in [4.78, 5) is 4.51. The van der Waals surface area contributed by atoms with Crippen molar-refractivity contribution < 1.29 is 13.9 Å². The molecule has 3 aromatic rings. The van der Waals surface area contributed by atoms with E-state index in [1.807, 2.05) is 37.3 Å². The minimum Gasteiger partial charge on any atom is -0.493 e. The van der Waals surface area contributed by atoms with Crippen LogP contribution < -0.4 is 9.47 Å². The van der Waals surface area contributed by atoms with Crippen molar-refractivity contribution in [3.05, 3.63) is 86.6 Å². The molecule has 0 unspecified atom stereocenters. The molecule has 144 valence electrons. The lowest BCUT2D eigenvalue weighted by atomic mass is 10.2. The third-order valence-corrected chi connectivity index (χ3v) is 5.17. The molecule has 0 spiro atoms. The van der Waals surface area contributed by atoms with E-state index in [2.05, 4.69) is 20.9 Å². The van der Waals surface area contributed by atoms with E-state index in [4.69, 9.17) is 21.1 Å². The van der Waals surface area contributed by atoms with Crippen molar-refractivity contribution in [3.8, 4) is 11.5 Å². The number of aliphatic imine (C=N–C) groups is 1. The molecule has 28 heavy (non-hydrogen) atoms. The average Bonchev–Trinajstić information content (AvgIpc) is 2.69. The topological polar surface area (TPSA) is 30.8 Å². The molecule has 0 bridgehead atoms. The van der Waals surface area contributed by atoms with Gasteiger partial charge in [-0.15, -0.1) is 0 Å². The van der Waals surface area contributed by atoms with Gasteiger partial charge in [0.25, 0.3) is 0 Å². The smallest absolute Gasteiger partial charge is 0.175 e. The van der Waals surface area contributed by atoms with Crippen LogP contribution in [0.3, 0.4) is 0 Å². The molecule has 0 aromatic heterocycles. The highest BCUT2D eigenvalue weighted by Gasteiger charge is 2.13. The van der Waals surface area contributed by atoms with Gasteiger partial charge in [0.1, 0.15) is 12.4 Å². The van der Waals surface area contributed by atoms with Gasteiger partial charge in [-0.05, 0) is 64.3 Å². The number of benzene rings is 3. The summed E-state index contributed by atoms with van der Waals surface area (Å²) in [6, 6.07) is 15.8. The Balaban J connectivity index is 1.84. The first kappa shape index (κ1) is 20.4. The summed E-state index contributed by atoms with van der Waals surface area (Å²) in [6.07, 6.45) is 1.73. The summed E-state index contributed by atoms with van der Waals surface area (Å²) in [5.74, 6) is 0.718. The van der Waals surface area contributed by atoms with E-state index in [1.54, 1.807) is 31.5 Å². The summed E-state index contributed by atoms with van der Waals surface area (Å²) < 4.78 is 25.8. The molecular weight excluding hydrogens is 445 g/mol. The zero-order valence-corrected chi connectivity index (χ0v) is 17.7. The van der Waals surface area contributed by atoms with Crippen LogP contribution in [-0.2, 0) is 6.61 Å². The predicted octanol–water partition coefficient (Wildman–Crippen LogP) is 6.89. The van der Waals surface area contributed by atoms with Gasteiger partial charge < -0.3 is 9.47 Å². The van der Waals surface area contributed by atoms with Gasteiger partial charge in [0.05, 0.1) is 17.3 Å². The van der Waals surface area contributed by atoms with E-state index in [1.165, 1.54) is 6.07 Å². The summed E-state index contributed by atoms with van der Waals surface area (Å²) in [7, 11) is 1.56. The van der Waals surface area contributed by atoms with Gasteiger partial charge in [-0.1, -0.05) is 35.9 Å². The number of nitrogens with zero attached hydrogens (tertiary/aromatic N) is 1. The van der Waals surface area contributed by atoms with Crippen molar-refractivity contribution in [2.75, 3.05) is 7.11 Å². The quantitative estimate of drug-likeness (QED) is 0.374. The summed E-state index contributed by atoms with van der Waals surface area (Å²) in [6.45, 7) is 2.02. The number of methoxy groups -OCH3 is 1. The molecule has 0 amide bonds. The minimum absolute atomic E-state index is 0.0940. The van der Waals surface area contributed by atoms with E-state index in [-0.39, 0.29) is 12.4 Å². The fraction of sp³-hybridized carbons (Fsp3) is 0.136. The van der Waals surface area contributed by atoms with Crippen LogP contribution in [0, 0.1) is 12.7 Å². The van der Waals surface area contributed by atoms with E-state index in [0.29, 0.717) is 26.6 Å². The Labute approximate surface area is 176 Å². The molecule has 0 fully saturated rings. The molecule has 0 aliphatic heterocycles. The van der Waals surface area contributed by atoms with Crippen LogP contribution in [-0.4, -0.2) is 13.3 Å². The van der Waals surface area contributed by atoms with Gasteiger partial charge in [-0.3, -0.25) is 4.99 Å². The minimum atomic E-state index is -0.307. The average molecular weight is 463 g/mol. The molecule has 0 N–H and O–H groups in total. The maximum Gasteiger partial charge on any atom is 0.175 e. The van der Waals surface area contributed by atoms with E-state index < -0.39 is 0 Å². The molecule has 0 heterocycles. The molecule has 0 aliphatic rings. The first-order chi connectivity index (χ1) is 13.5. The van der Waals surface area contributed by atoms with Crippen LogP contribution in [0.25, 0.3) is 0 Å². The molecular formula is C22H18BrClFNO2. The normalized spacial score (nSPS) is 11.0. The zero-order chi connectivity index (χ0) is 20.1. The van der Waals surface area contributed by atoms with Crippen LogP contribution in [0.2, 0.25) is 5.02 Å². The number of rotatable bonds is 6. The maximum atomic E-state index is 13.8. The van der Waals surface area contributed by atoms with E-state index >= 15 is 0 Å². The number of hydrogen-bond acceptors (Lipinski definition) is 3. The maximum absolute atomic E-state index is 13.8. The van der Waals surface area contributed by atoms with Crippen molar-refractivity contribution in [1.29, 1.82) is 0 Å². The largest absolute Gasteiger partial charge is 0.493 e. The van der Waals surface area contributed by atoms with Crippen LogP contribution >= 0.6 is 27.5 Å². The number of hydrogen-bond donors (Lipinski definition) is 0. The first-order valence-electron chi connectivity index (χ1n) is 8.52. The molecule has 6 heteroatoms. The standard InChI is InChI=1S/C22H18BrClFNO2/c1-14-18(24)7-5-9-20(14)26-12-15-10-17(23)22(21(11-15)27-2)28-13-16-6-3-4-8-19(16)25/h3-12H,13H2,1-2H3. The Morgan fingerprint density at radius 2 is 1.93 bits per heavy atom. The van der Waals surface area contributed by atoms with Gasteiger partial charge in [-0.25, -0.2) is 4.39 Å². The molecule has 0 atom stereocenters. The lowest BCUT2D eigenvalue weighted by Crippen LogP contribution is -2.01. The second-order valence-corrected chi connectivity index (χ2v) is 7.32. The molecule has 0 saturated carbocycles. The third-order valence-electron chi connectivity index (χ3n) is 4.17. The Morgan fingerprint density at radius 1 is 1.14 bits per heavy atom. The van der Waals surface area contributed by atoms with Crippen molar-refractivity contribution in [2.24, 2.45) is 4.99 Å². The third kappa shape index (κ3) is 4.72. The summed E-state index contributed by atoms with van der Waals surface area (Å²) >= 11 is 9.64.